The largest absolute Gasteiger partial charge is 0.335 e. The summed E-state index contributed by atoms with van der Waals surface area (Å²) in [6, 6.07) is 1.06. The van der Waals surface area contributed by atoms with Gasteiger partial charge in [-0.2, -0.15) is 0 Å². The molecule has 2 rings (SSSR count). The van der Waals surface area contributed by atoms with E-state index in [4.69, 9.17) is 0 Å². The molecule has 0 bridgehead atoms. The highest BCUT2D eigenvalue weighted by atomic mass is 79.9. The standard InChI is InChI=1S/C12H11BrF2N2O3/c13-3-4-16(7-1-2-7)12(18)8-5-9(14)10(15)6-11(8)17(19)20/h5-7H,1-4H2. The van der Waals surface area contributed by atoms with E-state index in [0.717, 1.165) is 12.8 Å². The second kappa shape index (κ2) is 5.82. The maximum atomic E-state index is 13.3. The van der Waals surface area contributed by atoms with Crippen LogP contribution in [0.4, 0.5) is 14.5 Å². The normalized spacial score (nSPS) is 14.2. The van der Waals surface area contributed by atoms with Gasteiger partial charge in [-0.05, 0) is 18.9 Å². The zero-order valence-electron chi connectivity index (χ0n) is 10.3. The van der Waals surface area contributed by atoms with Gasteiger partial charge < -0.3 is 4.90 Å². The first-order valence-electron chi connectivity index (χ1n) is 5.96. The topological polar surface area (TPSA) is 63.4 Å². The van der Waals surface area contributed by atoms with Gasteiger partial charge in [0.15, 0.2) is 11.6 Å². The number of hydrogen-bond donors (Lipinski definition) is 0. The Kier molecular flexibility index (Phi) is 4.32. The van der Waals surface area contributed by atoms with Crippen molar-refractivity contribution in [1.82, 2.24) is 4.90 Å². The van der Waals surface area contributed by atoms with Crippen LogP contribution in [0.1, 0.15) is 23.2 Å². The summed E-state index contributed by atoms with van der Waals surface area (Å²) in [7, 11) is 0. The van der Waals surface area contributed by atoms with Crippen molar-refractivity contribution in [2.45, 2.75) is 18.9 Å². The molecule has 0 N–H and O–H groups in total. The zero-order chi connectivity index (χ0) is 14.9. The number of halogens is 3. The molecule has 20 heavy (non-hydrogen) atoms. The van der Waals surface area contributed by atoms with Gasteiger partial charge in [-0.25, -0.2) is 8.78 Å². The van der Waals surface area contributed by atoms with Gasteiger partial charge in [0.05, 0.1) is 11.0 Å². The van der Waals surface area contributed by atoms with Crippen LogP contribution in [0, 0.1) is 21.7 Å². The van der Waals surface area contributed by atoms with E-state index in [-0.39, 0.29) is 6.04 Å². The minimum atomic E-state index is -1.34. The Morgan fingerprint density at radius 3 is 2.50 bits per heavy atom. The number of carbonyl (C=O) groups excluding carboxylic acids is 1. The highest BCUT2D eigenvalue weighted by Gasteiger charge is 2.35. The molecule has 1 aliphatic rings. The molecule has 108 valence electrons. The van der Waals surface area contributed by atoms with Crippen LogP contribution in [-0.2, 0) is 0 Å². The molecule has 0 unspecified atom stereocenters. The number of amides is 1. The van der Waals surface area contributed by atoms with Gasteiger partial charge >= 0.3 is 0 Å². The van der Waals surface area contributed by atoms with Gasteiger partial charge in [-0.1, -0.05) is 15.9 Å². The van der Waals surface area contributed by atoms with Crippen molar-refractivity contribution in [2.24, 2.45) is 0 Å². The Morgan fingerprint density at radius 1 is 1.40 bits per heavy atom. The molecule has 0 spiro atoms. The fourth-order valence-corrected chi connectivity index (χ4v) is 2.32. The van der Waals surface area contributed by atoms with Crippen molar-refractivity contribution in [2.75, 3.05) is 11.9 Å². The average molecular weight is 349 g/mol. The Hall–Kier alpha value is -1.57. The van der Waals surface area contributed by atoms with Crippen LogP contribution in [0.3, 0.4) is 0 Å². The fourth-order valence-electron chi connectivity index (χ4n) is 1.94. The summed E-state index contributed by atoms with van der Waals surface area (Å²) in [4.78, 5) is 23.8. The Bertz CT molecular complexity index is 564. The smallest absolute Gasteiger partial charge is 0.285 e. The minimum absolute atomic E-state index is 0.0211. The van der Waals surface area contributed by atoms with Crippen LogP contribution in [0.15, 0.2) is 12.1 Å². The predicted molar refractivity (Wildman–Crippen MR) is 70.9 cm³/mol. The van der Waals surface area contributed by atoms with Crippen LogP contribution in [0.25, 0.3) is 0 Å². The lowest BCUT2D eigenvalue weighted by Crippen LogP contribution is -2.35. The van der Waals surface area contributed by atoms with Gasteiger partial charge in [0, 0.05) is 17.9 Å². The van der Waals surface area contributed by atoms with Crippen LogP contribution in [-0.4, -0.2) is 33.6 Å². The lowest BCUT2D eigenvalue weighted by atomic mass is 10.1. The maximum Gasteiger partial charge on any atom is 0.285 e. The fraction of sp³-hybridized carbons (Fsp3) is 0.417. The molecule has 0 heterocycles. The summed E-state index contributed by atoms with van der Waals surface area (Å²) in [5.41, 5.74) is -1.13. The molecule has 1 aromatic carbocycles. The molecule has 0 atom stereocenters. The third kappa shape index (κ3) is 2.95. The molecule has 5 nitrogen and oxygen atoms in total. The van der Waals surface area contributed by atoms with Gasteiger partial charge in [0.2, 0.25) is 0 Å². The number of nitrogens with zero attached hydrogens (tertiary/aromatic N) is 2. The third-order valence-corrected chi connectivity index (χ3v) is 3.39. The summed E-state index contributed by atoms with van der Waals surface area (Å²) in [6.45, 7) is 0.361. The van der Waals surface area contributed by atoms with Crippen molar-refractivity contribution < 1.29 is 18.5 Å². The summed E-state index contributed by atoms with van der Waals surface area (Å²) in [5.74, 6) is -3.25. The highest BCUT2D eigenvalue weighted by molar-refractivity contribution is 9.09. The number of nitro groups is 1. The van der Waals surface area contributed by atoms with Crippen LogP contribution < -0.4 is 0 Å². The summed E-state index contributed by atoms with van der Waals surface area (Å²) < 4.78 is 26.4. The maximum absolute atomic E-state index is 13.3. The number of rotatable bonds is 5. The average Bonchev–Trinajstić information content (AvgIpc) is 3.22. The molecule has 1 fully saturated rings. The van der Waals surface area contributed by atoms with Crippen molar-refractivity contribution >= 4 is 27.5 Å². The van der Waals surface area contributed by atoms with Gasteiger partial charge in [0.25, 0.3) is 11.6 Å². The molecule has 0 radical (unpaired) electrons. The summed E-state index contributed by atoms with van der Waals surface area (Å²) >= 11 is 3.20. The van der Waals surface area contributed by atoms with E-state index in [1.807, 2.05) is 0 Å². The molecule has 0 aromatic heterocycles. The quantitative estimate of drug-likeness (QED) is 0.467. The first-order valence-corrected chi connectivity index (χ1v) is 7.08. The lowest BCUT2D eigenvalue weighted by Gasteiger charge is -2.21. The third-order valence-electron chi connectivity index (χ3n) is 3.04. The molecule has 1 amide bonds. The summed E-state index contributed by atoms with van der Waals surface area (Å²) in [6.07, 6.45) is 1.63. The van der Waals surface area contributed by atoms with E-state index in [1.54, 1.807) is 0 Å². The van der Waals surface area contributed by atoms with Gasteiger partial charge in [0.1, 0.15) is 5.56 Å². The SMILES string of the molecule is O=C(c1cc(F)c(F)cc1[N+](=O)[O-])N(CCBr)C1CC1. The van der Waals surface area contributed by atoms with Crippen molar-refractivity contribution in [3.8, 4) is 0 Å². The van der Waals surface area contributed by atoms with Crippen molar-refractivity contribution in [3.05, 3.63) is 39.4 Å². The number of alkyl halides is 1. The molecular formula is C12H11BrF2N2O3. The van der Waals surface area contributed by atoms with E-state index < -0.39 is 33.7 Å². The molecule has 1 aromatic rings. The molecule has 8 heteroatoms. The van der Waals surface area contributed by atoms with E-state index in [0.29, 0.717) is 24.0 Å². The van der Waals surface area contributed by atoms with E-state index in [1.165, 1.54) is 4.90 Å². The second-order valence-corrected chi connectivity index (χ2v) is 5.25. The molecule has 0 saturated heterocycles. The molecule has 1 aliphatic carbocycles. The second-order valence-electron chi connectivity index (χ2n) is 4.46. The van der Waals surface area contributed by atoms with E-state index in [2.05, 4.69) is 15.9 Å². The number of benzene rings is 1. The van der Waals surface area contributed by atoms with Crippen molar-refractivity contribution in [3.63, 3.8) is 0 Å². The number of carbonyl (C=O) groups is 1. The number of nitro benzene ring substituents is 1. The Labute approximate surface area is 121 Å². The summed E-state index contributed by atoms with van der Waals surface area (Å²) in [5, 5.41) is 11.4. The lowest BCUT2D eigenvalue weighted by molar-refractivity contribution is -0.385. The van der Waals surface area contributed by atoms with Crippen LogP contribution in [0.5, 0.6) is 0 Å². The van der Waals surface area contributed by atoms with E-state index >= 15 is 0 Å². The van der Waals surface area contributed by atoms with Gasteiger partial charge in [-0.3, -0.25) is 14.9 Å². The predicted octanol–water partition coefficient (Wildman–Crippen LogP) is 2.87. The van der Waals surface area contributed by atoms with Gasteiger partial charge in [-0.15, -0.1) is 0 Å². The minimum Gasteiger partial charge on any atom is -0.335 e. The molecular weight excluding hydrogens is 338 g/mol. The van der Waals surface area contributed by atoms with Crippen LogP contribution in [0.2, 0.25) is 0 Å². The zero-order valence-corrected chi connectivity index (χ0v) is 11.9. The Morgan fingerprint density at radius 2 is 2.00 bits per heavy atom. The monoisotopic (exact) mass is 348 g/mol. The number of hydrogen-bond acceptors (Lipinski definition) is 3. The first kappa shape index (κ1) is 14.8. The van der Waals surface area contributed by atoms with E-state index in [9.17, 15) is 23.7 Å². The highest BCUT2D eigenvalue weighted by Crippen LogP contribution is 2.31. The van der Waals surface area contributed by atoms with Crippen LogP contribution >= 0.6 is 15.9 Å². The molecule has 0 aliphatic heterocycles. The van der Waals surface area contributed by atoms with Crippen molar-refractivity contribution in [1.29, 1.82) is 0 Å². The molecule has 1 saturated carbocycles. The first-order chi connectivity index (χ1) is 9.45. The Balaban J connectivity index is 2.41.